The fourth-order valence-corrected chi connectivity index (χ4v) is 8.30. The number of phenols is 1. The summed E-state index contributed by atoms with van der Waals surface area (Å²) >= 11 is 8.55. The van der Waals surface area contributed by atoms with Crippen LogP contribution in [0.5, 0.6) is 11.5 Å². The van der Waals surface area contributed by atoms with E-state index in [1.807, 2.05) is 0 Å². The third-order valence-electron chi connectivity index (χ3n) is 8.82. The molecule has 51 heavy (non-hydrogen) atoms. The lowest BCUT2D eigenvalue weighted by molar-refractivity contribution is -0.911. The van der Waals surface area contributed by atoms with Crippen molar-refractivity contribution in [2.24, 2.45) is 5.16 Å². The van der Waals surface area contributed by atoms with Gasteiger partial charge in [0.15, 0.2) is 22.3 Å². The lowest BCUT2D eigenvalue weighted by Crippen LogP contribution is -2.72. The molecule has 0 saturated carbocycles. The summed E-state index contributed by atoms with van der Waals surface area (Å²) in [6.07, 6.45) is 1.77. The van der Waals surface area contributed by atoms with Gasteiger partial charge in [0.1, 0.15) is 23.7 Å². The molecule has 0 unspecified atom stereocenters. The number of carbonyl (C=O) groups excluding carboxylic acids is 4. The third-order valence-corrected chi connectivity index (χ3v) is 11.2. The molecule has 0 radical (unpaired) electrons. The fraction of sp³-hybridized carbons (Fsp3) is 0.452. The van der Waals surface area contributed by atoms with Crippen LogP contribution in [0.3, 0.4) is 0 Å². The summed E-state index contributed by atoms with van der Waals surface area (Å²) in [6, 6.07) is 1.56. The molecule has 0 aliphatic carbocycles. The molecule has 2 saturated heterocycles. The third kappa shape index (κ3) is 7.70. The lowest BCUT2D eigenvalue weighted by atomic mass is 10.0. The Hall–Kier alpha value is -4.59. The number of aromatic hydroxyl groups is 1. The zero-order chi connectivity index (χ0) is 37.2. The van der Waals surface area contributed by atoms with E-state index in [4.69, 9.17) is 26.9 Å². The first kappa shape index (κ1) is 37.7. The molecule has 0 bridgehead atoms. The molecule has 17 nitrogen and oxygen atoms in total. The van der Waals surface area contributed by atoms with Crippen LogP contribution in [0.2, 0.25) is 5.02 Å². The van der Waals surface area contributed by atoms with Gasteiger partial charge in [-0.2, -0.15) is 0 Å². The number of carbonyl (C=O) groups is 5. The molecule has 5 rings (SSSR count). The number of anilines is 1. The molecule has 2 fully saturated rings. The number of nitrogens with two attached hydrogens (primary N) is 1. The smallest absolute Gasteiger partial charge is 0.350 e. The van der Waals surface area contributed by atoms with E-state index in [1.54, 1.807) is 0 Å². The van der Waals surface area contributed by atoms with Crippen LogP contribution in [0.15, 0.2) is 33.9 Å². The van der Waals surface area contributed by atoms with Gasteiger partial charge in [-0.1, -0.05) is 16.8 Å². The van der Waals surface area contributed by atoms with Crippen molar-refractivity contribution >= 4 is 75.2 Å². The standard InChI is InChI=1S/C31H36ClN7O10S2/c1-31(2,29(46)47)49-37-20(17-14-51-30(33)35-17)25(42)36-21-26(43)38-22(28(44)45)15(13-50-27(21)38)12-39(9-4-5-10-39)11-8-34-24(41)16-6-7-18(40)23(48-3)19(16)32/h6-7,14,21,27H,4-5,8-13H2,1-3H3,(H6-,33,34,35,36,40,41,42,44,45,46,47)/b37-20-/t21-,27-/m1/s1. The predicted octanol–water partition coefficient (Wildman–Crippen LogP) is 0.121. The quantitative estimate of drug-likeness (QED) is 0.0744. The van der Waals surface area contributed by atoms with E-state index in [2.05, 4.69) is 20.8 Å². The molecule has 2 aromatic rings. The number of oxime groups is 1. The molecular weight excluding hydrogens is 730 g/mol. The van der Waals surface area contributed by atoms with Crippen molar-refractivity contribution < 1.29 is 53.3 Å². The number of halogens is 1. The van der Waals surface area contributed by atoms with Gasteiger partial charge in [-0.25, -0.2) is 9.78 Å². The number of nitrogens with one attached hydrogen (secondary N) is 2. The van der Waals surface area contributed by atoms with Gasteiger partial charge in [0.2, 0.25) is 5.60 Å². The number of rotatable bonds is 14. The number of aliphatic carboxylic acids is 2. The second kappa shape index (κ2) is 14.9. The summed E-state index contributed by atoms with van der Waals surface area (Å²) in [5, 5.41) is 41.7. The number of fused-ring (bicyclic) bond motifs is 1. The predicted molar refractivity (Wildman–Crippen MR) is 184 cm³/mol. The largest absolute Gasteiger partial charge is 0.543 e. The van der Waals surface area contributed by atoms with Gasteiger partial charge < -0.3 is 50.5 Å². The van der Waals surface area contributed by atoms with Crippen LogP contribution in [-0.4, -0.2) is 123 Å². The minimum Gasteiger partial charge on any atom is -0.543 e. The number of nitrogens with zero attached hydrogens (tertiary/aromatic N) is 4. The van der Waals surface area contributed by atoms with E-state index in [-0.39, 0.29) is 50.9 Å². The van der Waals surface area contributed by atoms with Crippen LogP contribution in [-0.2, 0) is 24.0 Å². The SMILES string of the molecule is COc1c(O)ccc(C(=O)NCC[N+]2(CC3=C(C(=O)[O-])N4C(=O)[C@@H](NC(=O)/C(=N\OC(C)(C)C(=O)O)c5csc(N)n5)[C@H]4SC3)CCCC2)c1Cl. The van der Waals surface area contributed by atoms with Gasteiger partial charge in [0.05, 0.1) is 55.5 Å². The highest BCUT2D eigenvalue weighted by molar-refractivity contribution is 8.00. The van der Waals surface area contributed by atoms with Crippen LogP contribution in [0.4, 0.5) is 5.13 Å². The number of benzene rings is 1. The lowest BCUT2D eigenvalue weighted by Gasteiger charge is -2.51. The maximum atomic E-state index is 13.5. The normalized spacial score (nSPS) is 20.0. The van der Waals surface area contributed by atoms with Crippen LogP contribution in [0.25, 0.3) is 0 Å². The summed E-state index contributed by atoms with van der Waals surface area (Å²) in [5.41, 5.74) is 3.88. The number of thiazole rings is 1. The van der Waals surface area contributed by atoms with E-state index in [1.165, 1.54) is 50.2 Å². The minimum absolute atomic E-state index is 0.00423. The van der Waals surface area contributed by atoms with Crippen LogP contribution in [0.1, 0.15) is 42.7 Å². The molecular formula is C31H36ClN7O10S2. The average molecular weight is 766 g/mol. The molecule has 6 N–H and O–H groups in total. The monoisotopic (exact) mass is 765 g/mol. The number of likely N-dealkylation sites (tertiary alicyclic amines) is 1. The zero-order valence-corrected chi connectivity index (χ0v) is 30.2. The van der Waals surface area contributed by atoms with Crippen LogP contribution in [0, 0.1) is 0 Å². The second-order valence-corrected chi connectivity index (χ2v) is 15.0. The van der Waals surface area contributed by atoms with Gasteiger partial charge >= 0.3 is 5.97 Å². The number of aromatic nitrogens is 1. The van der Waals surface area contributed by atoms with E-state index in [0.29, 0.717) is 23.1 Å². The second-order valence-electron chi connectivity index (χ2n) is 12.6. The number of phenolic OH excluding ortho intramolecular Hbond substituents is 1. The van der Waals surface area contributed by atoms with Crippen molar-refractivity contribution in [3.8, 4) is 11.5 Å². The van der Waals surface area contributed by atoms with Gasteiger partial charge in [-0.3, -0.25) is 19.3 Å². The number of amides is 3. The summed E-state index contributed by atoms with van der Waals surface area (Å²) in [6.45, 7) is 4.91. The number of thioether (sulfide) groups is 1. The van der Waals surface area contributed by atoms with Crippen molar-refractivity contribution in [1.29, 1.82) is 0 Å². The molecule has 1 aromatic carbocycles. The minimum atomic E-state index is -1.80. The number of hydrogen-bond donors (Lipinski definition) is 5. The van der Waals surface area contributed by atoms with Crippen molar-refractivity contribution in [3.63, 3.8) is 0 Å². The van der Waals surface area contributed by atoms with Crippen molar-refractivity contribution in [1.82, 2.24) is 20.5 Å². The molecule has 3 amide bonds. The highest BCUT2D eigenvalue weighted by Crippen LogP contribution is 2.41. The molecule has 3 aliphatic rings. The number of β-lactam (4-membered cyclic amide) rings is 1. The summed E-state index contributed by atoms with van der Waals surface area (Å²) in [7, 11) is 1.32. The highest BCUT2D eigenvalue weighted by atomic mass is 35.5. The van der Waals surface area contributed by atoms with Gasteiger partial charge in [0.25, 0.3) is 17.7 Å². The number of carboxylic acid groups (broad SMARTS) is 2. The Morgan fingerprint density at radius 3 is 2.57 bits per heavy atom. The van der Waals surface area contributed by atoms with E-state index < -0.39 is 52.4 Å². The topological polar surface area (TPSA) is 246 Å². The zero-order valence-electron chi connectivity index (χ0n) is 27.8. The number of nitrogen functional groups attached to an aromatic ring is 1. The van der Waals surface area contributed by atoms with E-state index in [0.717, 1.165) is 42.2 Å². The summed E-state index contributed by atoms with van der Waals surface area (Å²) < 4.78 is 5.55. The van der Waals surface area contributed by atoms with Crippen molar-refractivity contribution in [2.45, 2.75) is 43.7 Å². The molecule has 2 atom stereocenters. The van der Waals surface area contributed by atoms with Crippen molar-refractivity contribution in [3.05, 3.63) is 45.1 Å². The van der Waals surface area contributed by atoms with E-state index >= 15 is 0 Å². The average Bonchev–Trinajstić information content (AvgIpc) is 3.72. The number of ether oxygens (including phenoxy) is 1. The molecule has 20 heteroatoms. The Bertz CT molecular complexity index is 1820. The molecule has 0 spiro atoms. The number of carboxylic acids is 2. The Morgan fingerprint density at radius 2 is 1.96 bits per heavy atom. The first-order valence-electron chi connectivity index (χ1n) is 15.7. The van der Waals surface area contributed by atoms with Gasteiger partial charge in [-0.15, -0.1) is 23.1 Å². The van der Waals surface area contributed by atoms with Crippen LogP contribution >= 0.6 is 34.7 Å². The van der Waals surface area contributed by atoms with E-state index in [9.17, 15) is 39.3 Å². The summed E-state index contributed by atoms with van der Waals surface area (Å²) in [4.78, 5) is 74.1. The maximum absolute atomic E-state index is 13.5. The van der Waals surface area contributed by atoms with Crippen molar-refractivity contribution in [2.75, 3.05) is 51.3 Å². The molecule has 3 aliphatic heterocycles. The molecule has 4 heterocycles. The molecule has 274 valence electrons. The van der Waals surface area contributed by atoms with Gasteiger partial charge in [-0.05, 0) is 26.0 Å². The van der Waals surface area contributed by atoms with Crippen LogP contribution < -0.4 is 26.2 Å². The first-order valence-corrected chi connectivity index (χ1v) is 18.0. The first-order chi connectivity index (χ1) is 24.1. The Balaban J connectivity index is 1.29. The number of hydrogen-bond acceptors (Lipinski definition) is 14. The fourth-order valence-electron chi connectivity index (χ4n) is 6.09. The number of quaternary nitrogens is 1. The number of methoxy groups -OCH3 is 1. The Labute approximate surface area is 305 Å². The Kier molecular flexibility index (Phi) is 11.0. The molecule has 1 aromatic heterocycles. The Morgan fingerprint density at radius 1 is 1.25 bits per heavy atom. The summed E-state index contributed by atoms with van der Waals surface area (Å²) in [5.74, 6) is -4.90. The highest BCUT2D eigenvalue weighted by Gasteiger charge is 2.54. The maximum Gasteiger partial charge on any atom is 0.350 e. The van der Waals surface area contributed by atoms with Gasteiger partial charge in [0, 0.05) is 29.5 Å².